The Morgan fingerprint density at radius 3 is 2.70 bits per heavy atom. The smallest absolute Gasteiger partial charge is 0.319 e. The van der Waals surface area contributed by atoms with Crippen molar-refractivity contribution in [3.05, 3.63) is 66.7 Å². The third-order valence-electron chi connectivity index (χ3n) is 4.01. The van der Waals surface area contributed by atoms with Gasteiger partial charge in [0.05, 0.1) is 6.26 Å². The van der Waals surface area contributed by atoms with Crippen LogP contribution in [0, 0.1) is 11.6 Å². The molecule has 0 atom stereocenters. The first kappa shape index (κ1) is 16.8. The lowest BCUT2D eigenvalue weighted by atomic mass is 10.3. The van der Waals surface area contributed by atoms with Crippen LogP contribution in [0.2, 0.25) is 0 Å². The summed E-state index contributed by atoms with van der Waals surface area (Å²) in [6.07, 6.45) is 5.19. The predicted molar refractivity (Wildman–Crippen MR) is 94.3 cm³/mol. The Morgan fingerprint density at radius 1 is 1.15 bits per heavy atom. The summed E-state index contributed by atoms with van der Waals surface area (Å²) in [6, 6.07) is 8.17. The molecule has 0 unspecified atom stereocenters. The van der Waals surface area contributed by atoms with Crippen molar-refractivity contribution < 1.29 is 18.0 Å². The van der Waals surface area contributed by atoms with Crippen LogP contribution < -0.4 is 10.6 Å². The lowest BCUT2D eigenvalue weighted by molar-refractivity contribution is 0.251. The van der Waals surface area contributed by atoms with Crippen molar-refractivity contribution in [2.75, 3.05) is 11.9 Å². The largest absolute Gasteiger partial charge is 0.463 e. The average Bonchev–Trinajstić information content (AvgIpc) is 3.36. The highest BCUT2D eigenvalue weighted by atomic mass is 19.1. The zero-order valence-corrected chi connectivity index (χ0v) is 14.0. The first-order valence-electron chi connectivity index (χ1n) is 8.19. The Balaban J connectivity index is 1.38. The number of nitrogens with zero attached hydrogens (tertiary/aromatic N) is 3. The van der Waals surface area contributed by atoms with E-state index >= 15 is 0 Å². The third kappa shape index (κ3) is 3.39. The van der Waals surface area contributed by atoms with E-state index in [1.54, 1.807) is 23.0 Å². The summed E-state index contributed by atoms with van der Waals surface area (Å²) >= 11 is 0. The summed E-state index contributed by atoms with van der Waals surface area (Å²) in [4.78, 5) is 11.9. The Bertz CT molecular complexity index is 1060. The molecule has 7 nitrogen and oxygen atoms in total. The maximum atomic E-state index is 13.5. The summed E-state index contributed by atoms with van der Waals surface area (Å²) in [6.45, 7) is 0.709. The number of amides is 2. The van der Waals surface area contributed by atoms with Gasteiger partial charge in [0.25, 0.3) is 0 Å². The summed E-state index contributed by atoms with van der Waals surface area (Å²) in [5.41, 5.74) is 1.05. The third-order valence-corrected chi connectivity index (χ3v) is 4.01. The number of halogens is 2. The van der Waals surface area contributed by atoms with Crippen molar-refractivity contribution >= 4 is 17.4 Å². The topological polar surface area (TPSA) is 76.5 Å². The molecule has 9 heteroatoms. The highest BCUT2D eigenvalue weighted by Gasteiger charge is 2.12. The second-order valence-corrected chi connectivity index (χ2v) is 5.78. The average molecular weight is 371 g/mol. The van der Waals surface area contributed by atoms with E-state index in [2.05, 4.69) is 15.7 Å². The lowest BCUT2D eigenvalue weighted by Crippen LogP contribution is -2.32. The minimum Gasteiger partial charge on any atom is -0.463 e. The summed E-state index contributed by atoms with van der Waals surface area (Å²) < 4.78 is 36.0. The standard InChI is InChI=1S/C18H15F2N5O2/c19-12-3-1-4-13(20)17(12)22-18(26)21-6-7-24-8-9-25-16(24)11-14(23-25)15-5-2-10-27-15/h1-5,8-11H,6-7H2,(H2,21,22,26). The van der Waals surface area contributed by atoms with E-state index < -0.39 is 23.4 Å². The first-order chi connectivity index (χ1) is 13.1. The van der Waals surface area contributed by atoms with Gasteiger partial charge in [-0.2, -0.15) is 5.10 Å². The fourth-order valence-corrected chi connectivity index (χ4v) is 2.73. The van der Waals surface area contributed by atoms with E-state index in [4.69, 9.17) is 4.42 Å². The number of para-hydroxylation sites is 1. The SMILES string of the molecule is O=C(NCCn1ccn2nc(-c3ccco3)cc12)Nc1c(F)cccc1F. The fourth-order valence-electron chi connectivity index (χ4n) is 2.73. The van der Waals surface area contributed by atoms with Crippen LogP contribution in [-0.2, 0) is 6.54 Å². The molecule has 27 heavy (non-hydrogen) atoms. The van der Waals surface area contributed by atoms with Gasteiger partial charge >= 0.3 is 6.03 Å². The highest BCUT2D eigenvalue weighted by Crippen LogP contribution is 2.20. The van der Waals surface area contributed by atoms with Crippen LogP contribution in [0.5, 0.6) is 0 Å². The van der Waals surface area contributed by atoms with Crippen LogP contribution in [0.15, 0.2) is 59.5 Å². The Kier molecular flexibility index (Phi) is 4.33. The molecule has 0 radical (unpaired) electrons. The summed E-state index contributed by atoms with van der Waals surface area (Å²) in [7, 11) is 0. The molecule has 0 fully saturated rings. The highest BCUT2D eigenvalue weighted by molar-refractivity contribution is 5.89. The number of furan rings is 1. The van der Waals surface area contributed by atoms with Crippen molar-refractivity contribution in [1.82, 2.24) is 19.5 Å². The maximum Gasteiger partial charge on any atom is 0.319 e. The van der Waals surface area contributed by atoms with Crippen LogP contribution in [-0.4, -0.2) is 26.8 Å². The molecule has 1 aromatic carbocycles. The summed E-state index contributed by atoms with van der Waals surface area (Å²) in [5.74, 6) is -1.00. The zero-order chi connectivity index (χ0) is 18.8. The Morgan fingerprint density at radius 2 is 1.96 bits per heavy atom. The van der Waals surface area contributed by atoms with Crippen molar-refractivity contribution in [2.45, 2.75) is 6.54 Å². The molecule has 0 aliphatic carbocycles. The van der Waals surface area contributed by atoms with Crippen LogP contribution in [0.1, 0.15) is 0 Å². The number of hydrogen-bond donors (Lipinski definition) is 2. The molecule has 3 aromatic heterocycles. The maximum absolute atomic E-state index is 13.5. The van der Waals surface area contributed by atoms with Gasteiger partial charge in [-0.05, 0) is 24.3 Å². The molecule has 0 bridgehead atoms. The van der Waals surface area contributed by atoms with Gasteiger partial charge in [-0.1, -0.05) is 6.07 Å². The number of imidazole rings is 1. The van der Waals surface area contributed by atoms with Crippen LogP contribution >= 0.6 is 0 Å². The number of benzene rings is 1. The van der Waals surface area contributed by atoms with E-state index in [0.29, 0.717) is 18.0 Å². The molecular formula is C18H15F2N5O2. The van der Waals surface area contributed by atoms with E-state index in [0.717, 1.165) is 17.8 Å². The monoisotopic (exact) mass is 371 g/mol. The van der Waals surface area contributed by atoms with E-state index in [-0.39, 0.29) is 6.54 Å². The predicted octanol–water partition coefficient (Wildman–Crippen LogP) is 3.50. The van der Waals surface area contributed by atoms with Crippen molar-refractivity contribution in [3.63, 3.8) is 0 Å². The molecule has 4 rings (SSSR count). The van der Waals surface area contributed by atoms with Gasteiger partial charge in [0.15, 0.2) is 5.76 Å². The fraction of sp³-hybridized carbons (Fsp3) is 0.111. The number of hydrogen-bond acceptors (Lipinski definition) is 3. The Labute approximate surface area is 152 Å². The normalized spacial score (nSPS) is 11.0. The van der Waals surface area contributed by atoms with Crippen molar-refractivity contribution in [2.24, 2.45) is 0 Å². The molecule has 4 aromatic rings. The minimum absolute atomic E-state index is 0.257. The molecule has 3 heterocycles. The van der Waals surface area contributed by atoms with Gasteiger partial charge in [-0.15, -0.1) is 0 Å². The second kappa shape index (κ2) is 6.94. The molecular weight excluding hydrogens is 356 g/mol. The summed E-state index contributed by atoms with van der Waals surface area (Å²) in [5, 5.41) is 9.16. The number of carbonyl (C=O) groups excluding carboxylic acids is 1. The number of anilines is 1. The van der Waals surface area contributed by atoms with Crippen LogP contribution in [0.3, 0.4) is 0 Å². The second-order valence-electron chi connectivity index (χ2n) is 5.78. The number of rotatable bonds is 5. The molecule has 0 aliphatic heterocycles. The molecule has 2 N–H and O–H groups in total. The Hall–Kier alpha value is -3.62. The van der Waals surface area contributed by atoms with E-state index in [1.165, 1.54) is 6.07 Å². The van der Waals surface area contributed by atoms with E-state index in [1.807, 2.05) is 22.9 Å². The molecule has 0 aliphatic rings. The zero-order valence-electron chi connectivity index (χ0n) is 14.0. The molecule has 2 amide bonds. The van der Waals surface area contributed by atoms with Gasteiger partial charge in [0.1, 0.15) is 28.7 Å². The van der Waals surface area contributed by atoms with Gasteiger partial charge < -0.3 is 19.6 Å². The molecule has 0 spiro atoms. The first-order valence-corrected chi connectivity index (χ1v) is 8.19. The lowest BCUT2D eigenvalue weighted by Gasteiger charge is -2.09. The number of fused-ring (bicyclic) bond motifs is 1. The minimum atomic E-state index is -0.831. The number of aromatic nitrogens is 3. The van der Waals surface area contributed by atoms with Gasteiger partial charge in [-0.3, -0.25) is 0 Å². The van der Waals surface area contributed by atoms with Crippen LogP contribution in [0.25, 0.3) is 17.1 Å². The van der Waals surface area contributed by atoms with E-state index in [9.17, 15) is 13.6 Å². The molecule has 138 valence electrons. The molecule has 0 saturated carbocycles. The van der Waals surface area contributed by atoms with Crippen LogP contribution in [0.4, 0.5) is 19.3 Å². The number of urea groups is 1. The van der Waals surface area contributed by atoms with Gasteiger partial charge in [0.2, 0.25) is 0 Å². The quantitative estimate of drug-likeness (QED) is 0.564. The molecule has 0 saturated heterocycles. The number of carbonyl (C=O) groups is 1. The van der Waals surface area contributed by atoms with Crippen molar-refractivity contribution in [1.29, 1.82) is 0 Å². The van der Waals surface area contributed by atoms with Gasteiger partial charge in [0, 0.05) is 31.5 Å². The van der Waals surface area contributed by atoms with Crippen molar-refractivity contribution in [3.8, 4) is 11.5 Å². The number of nitrogens with one attached hydrogen (secondary N) is 2. The van der Waals surface area contributed by atoms with Gasteiger partial charge in [-0.25, -0.2) is 18.1 Å².